The summed E-state index contributed by atoms with van der Waals surface area (Å²) in [6.45, 7) is 2.08. The summed E-state index contributed by atoms with van der Waals surface area (Å²) >= 11 is 0. The van der Waals surface area contributed by atoms with E-state index in [4.69, 9.17) is 0 Å². The van der Waals surface area contributed by atoms with Gasteiger partial charge in [0.1, 0.15) is 5.82 Å². The SMILES string of the molecule is C1=CC2(CCNC2)Nc2ncccc21.Cl.Cl. The van der Waals surface area contributed by atoms with Crippen LogP contribution < -0.4 is 10.6 Å². The van der Waals surface area contributed by atoms with Crippen molar-refractivity contribution in [3.63, 3.8) is 0 Å². The van der Waals surface area contributed by atoms with Crippen LogP contribution in [-0.4, -0.2) is 23.6 Å². The Labute approximate surface area is 108 Å². The second-order valence-corrected chi connectivity index (χ2v) is 3.98. The van der Waals surface area contributed by atoms with E-state index in [9.17, 15) is 0 Å². The van der Waals surface area contributed by atoms with Crippen LogP contribution in [0.1, 0.15) is 12.0 Å². The van der Waals surface area contributed by atoms with Gasteiger partial charge in [-0.3, -0.25) is 0 Å². The molecule has 1 unspecified atom stereocenters. The first-order valence-corrected chi connectivity index (χ1v) is 5.01. The summed E-state index contributed by atoms with van der Waals surface area (Å²) in [7, 11) is 0. The number of aromatic nitrogens is 1. The molecule has 2 aliphatic heterocycles. The molecule has 1 atom stereocenters. The van der Waals surface area contributed by atoms with E-state index < -0.39 is 0 Å². The molecule has 3 rings (SSSR count). The molecule has 2 aliphatic rings. The molecule has 5 heteroatoms. The van der Waals surface area contributed by atoms with Gasteiger partial charge >= 0.3 is 0 Å². The average Bonchev–Trinajstić information content (AvgIpc) is 2.66. The van der Waals surface area contributed by atoms with Crippen molar-refractivity contribution >= 4 is 36.7 Å². The largest absolute Gasteiger partial charge is 0.359 e. The van der Waals surface area contributed by atoms with Crippen molar-refractivity contribution in [1.82, 2.24) is 10.3 Å². The van der Waals surface area contributed by atoms with E-state index in [-0.39, 0.29) is 30.4 Å². The van der Waals surface area contributed by atoms with E-state index >= 15 is 0 Å². The molecule has 1 spiro atoms. The third-order valence-corrected chi connectivity index (χ3v) is 2.98. The second kappa shape index (κ2) is 5.04. The van der Waals surface area contributed by atoms with Gasteiger partial charge in [0, 0.05) is 18.3 Å². The Bertz CT molecular complexity index is 387. The van der Waals surface area contributed by atoms with Crippen LogP contribution in [0.4, 0.5) is 5.82 Å². The molecule has 2 N–H and O–H groups in total. The van der Waals surface area contributed by atoms with Crippen molar-refractivity contribution in [2.24, 2.45) is 0 Å². The highest BCUT2D eigenvalue weighted by Crippen LogP contribution is 2.29. The van der Waals surface area contributed by atoms with Crippen molar-refractivity contribution in [3.05, 3.63) is 30.0 Å². The second-order valence-electron chi connectivity index (χ2n) is 3.98. The van der Waals surface area contributed by atoms with Crippen molar-refractivity contribution in [3.8, 4) is 0 Å². The molecule has 1 fully saturated rings. The molecule has 1 saturated heterocycles. The molecule has 0 saturated carbocycles. The summed E-state index contributed by atoms with van der Waals surface area (Å²) in [5.41, 5.74) is 1.30. The molecule has 3 nitrogen and oxygen atoms in total. The zero-order valence-corrected chi connectivity index (χ0v) is 10.4. The Balaban J connectivity index is 0.000000640. The predicted octanol–water partition coefficient (Wildman–Crippen LogP) is 2.10. The Morgan fingerprint density at radius 2 is 2.19 bits per heavy atom. The summed E-state index contributed by atoms with van der Waals surface area (Å²) in [6.07, 6.45) is 7.41. The number of nitrogens with one attached hydrogen (secondary N) is 2. The topological polar surface area (TPSA) is 37.0 Å². The van der Waals surface area contributed by atoms with Crippen LogP contribution in [0.2, 0.25) is 0 Å². The van der Waals surface area contributed by atoms with Gasteiger partial charge in [-0.25, -0.2) is 4.98 Å². The van der Waals surface area contributed by atoms with Crippen molar-refractivity contribution in [2.75, 3.05) is 18.4 Å². The van der Waals surface area contributed by atoms with Crippen LogP contribution in [0.5, 0.6) is 0 Å². The van der Waals surface area contributed by atoms with Crippen LogP contribution in [-0.2, 0) is 0 Å². The van der Waals surface area contributed by atoms with Crippen LogP contribution in [0.25, 0.3) is 6.08 Å². The monoisotopic (exact) mass is 259 g/mol. The maximum atomic E-state index is 4.35. The quantitative estimate of drug-likeness (QED) is 0.750. The third-order valence-electron chi connectivity index (χ3n) is 2.98. The van der Waals surface area contributed by atoms with Gasteiger partial charge in [-0.15, -0.1) is 24.8 Å². The molecule has 16 heavy (non-hydrogen) atoms. The van der Waals surface area contributed by atoms with E-state index in [1.54, 1.807) is 0 Å². The smallest absolute Gasteiger partial charge is 0.133 e. The Morgan fingerprint density at radius 3 is 2.94 bits per heavy atom. The van der Waals surface area contributed by atoms with Crippen LogP contribution in [0.3, 0.4) is 0 Å². The molecule has 0 radical (unpaired) electrons. The molecule has 0 amide bonds. The Kier molecular flexibility index (Phi) is 4.19. The zero-order chi connectivity index (χ0) is 9.43. The minimum atomic E-state index is 0. The van der Waals surface area contributed by atoms with Gasteiger partial charge in [-0.05, 0) is 25.1 Å². The maximum absolute atomic E-state index is 4.35. The number of hydrogen-bond donors (Lipinski definition) is 2. The Hall–Kier alpha value is -0.770. The lowest BCUT2D eigenvalue weighted by atomic mass is 9.93. The maximum Gasteiger partial charge on any atom is 0.133 e. The number of rotatable bonds is 0. The molecule has 1 aromatic heterocycles. The van der Waals surface area contributed by atoms with Gasteiger partial charge in [0.2, 0.25) is 0 Å². The lowest BCUT2D eigenvalue weighted by Gasteiger charge is -2.30. The first-order chi connectivity index (χ1) is 6.88. The molecule has 3 heterocycles. The Morgan fingerprint density at radius 1 is 1.31 bits per heavy atom. The first-order valence-electron chi connectivity index (χ1n) is 5.01. The van der Waals surface area contributed by atoms with E-state index in [0.29, 0.717) is 0 Å². The van der Waals surface area contributed by atoms with Gasteiger partial charge in [0.25, 0.3) is 0 Å². The molecule has 0 aromatic carbocycles. The zero-order valence-electron chi connectivity index (χ0n) is 8.77. The lowest BCUT2D eigenvalue weighted by molar-refractivity contribution is 0.630. The van der Waals surface area contributed by atoms with Crippen LogP contribution >= 0.6 is 24.8 Å². The average molecular weight is 260 g/mol. The van der Waals surface area contributed by atoms with Gasteiger partial charge < -0.3 is 10.6 Å². The fourth-order valence-corrected chi connectivity index (χ4v) is 2.14. The number of pyridine rings is 1. The summed E-state index contributed by atoms with van der Waals surface area (Å²) in [6, 6.07) is 4.05. The van der Waals surface area contributed by atoms with Gasteiger partial charge in [0.05, 0.1) is 5.54 Å². The minimum Gasteiger partial charge on any atom is -0.359 e. The number of nitrogens with zero attached hydrogens (tertiary/aromatic N) is 1. The lowest BCUT2D eigenvalue weighted by Crippen LogP contribution is -2.40. The molecule has 0 bridgehead atoms. The molecular weight excluding hydrogens is 245 g/mol. The van der Waals surface area contributed by atoms with E-state index in [0.717, 1.165) is 25.3 Å². The van der Waals surface area contributed by atoms with Crippen molar-refractivity contribution in [2.45, 2.75) is 12.0 Å². The summed E-state index contributed by atoms with van der Waals surface area (Å²) in [4.78, 5) is 4.35. The number of halogens is 2. The molecule has 1 aromatic rings. The molecule has 0 aliphatic carbocycles. The summed E-state index contributed by atoms with van der Waals surface area (Å²) in [5, 5.41) is 6.88. The van der Waals surface area contributed by atoms with Crippen LogP contribution in [0, 0.1) is 0 Å². The van der Waals surface area contributed by atoms with Gasteiger partial charge in [0.15, 0.2) is 0 Å². The minimum absolute atomic E-state index is 0. The van der Waals surface area contributed by atoms with Crippen molar-refractivity contribution < 1.29 is 0 Å². The highest BCUT2D eigenvalue weighted by atomic mass is 35.5. The van der Waals surface area contributed by atoms with E-state index in [2.05, 4.69) is 33.8 Å². The van der Waals surface area contributed by atoms with E-state index in [1.165, 1.54) is 5.56 Å². The normalized spacial score (nSPS) is 25.2. The van der Waals surface area contributed by atoms with Gasteiger partial charge in [-0.2, -0.15) is 0 Å². The van der Waals surface area contributed by atoms with Crippen LogP contribution in [0.15, 0.2) is 24.4 Å². The standard InChI is InChI=1S/C11H13N3.2ClH/c1-2-9-3-4-11(5-7-12-8-11)14-10(9)13-6-1;;/h1-4,6,12H,5,7-8H2,(H,13,14);2*1H. The highest BCUT2D eigenvalue weighted by molar-refractivity contribution is 5.85. The molecular formula is C11H15Cl2N3. The fraction of sp³-hybridized carbons (Fsp3) is 0.364. The third kappa shape index (κ3) is 2.17. The number of hydrogen-bond acceptors (Lipinski definition) is 3. The molecule has 88 valence electrons. The number of fused-ring (bicyclic) bond motifs is 1. The van der Waals surface area contributed by atoms with Crippen molar-refractivity contribution in [1.29, 1.82) is 0 Å². The van der Waals surface area contributed by atoms with E-state index in [1.807, 2.05) is 12.3 Å². The first kappa shape index (κ1) is 13.3. The predicted molar refractivity (Wildman–Crippen MR) is 71.6 cm³/mol. The van der Waals surface area contributed by atoms with Gasteiger partial charge in [-0.1, -0.05) is 12.2 Å². The summed E-state index contributed by atoms with van der Waals surface area (Å²) < 4.78 is 0. The summed E-state index contributed by atoms with van der Waals surface area (Å²) in [5.74, 6) is 1.01. The number of anilines is 1. The highest BCUT2D eigenvalue weighted by Gasteiger charge is 2.33. The fourth-order valence-electron chi connectivity index (χ4n) is 2.14.